The second-order valence-electron chi connectivity index (χ2n) is 3.60. The summed E-state index contributed by atoms with van der Waals surface area (Å²) in [5.41, 5.74) is 0. The van der Waals surface area contributed by atoms with Crippen LogP contribution in [0, 0.1) is 0 Å². The van der Waals surface area contributed by atoms with Crippen LogP contribution in [0.25, 0.3) is 0 Å². The molecule has 3 heteroatoms. The van der Waals surface area contributed by atoms with E-state index in [1.165, 1.54) is 50.7 Å². The van der Waals surface area contributed by atoms with E-state index in [2.05, 4.69) is 13.8 Å². The molecule has 0 saturated heterocycles. The third-order valence-electron chi connectivity index (χ3n) is 2.09. The Kier molecular flexibility index (Phi) is 8.73. The van der Waals surface area contributed by atoms with Crippen molar-refractivity contribution in [2.75, 3.05) is 0 Å². The van der Waals surface area contributed by atoms with E-state index in [1.54, 1.807) is 0 Å². The number of hydrogen-bond donors (Lipinski definition) is 1. The van der Waals surface area contributed by atoms with Crippen LogP contribution >= 0.6 is 0 Å². The first-order valence-electron chi connectivity index (χ1n) is 5.73. The number of amides is 2. The van der Waals surface area contributed by atoms with Gasteiger partial charge in [0.2, 0.25) is 0 Å². The maximum Gasteiger partial charge on any atom is 0.250 e. The molecule has 1 aliphatic heterocycles. The van der Waals surface area contributed by atoms with E-state index >= 15 is 0 Å². The van der Waals surface area contributed by atoms with Gasteiger partial charge in [0.15, 0.2) is 0 Å². The topological polar surface area (TPSA) is 46.2 Å². The molecule has 86 valence electrons. The van der Waals surface area contributed by atoms with Crippen LogP contribution in [-0.4, -0.2) is 11.8 Å². The summed E-state index contributed by atoms with van der Waals surface area (Å²) in [6.45, 7) is 4.51. The monoisotopic (exact) mass is 211 g/mol. The Morgan fingerprint density at radius 3 is 1.47 bits per heavy atom. The number of rotatable bonds is 5. The highest BCUT2D eigenvalue weighted by Gasteiger charge is 2.06. The number of carbonyl (C=O) groups is 2. The summed E-state index contributed by atoms with van der Waals surface area (Å²) in [4.78, 5) is 20.1. The first-order chi connectivity index (χ1) is 7.20. The van der Waals surface area contributed by atoms with Crippen molar-refractivity contribution in [2.24, 2.45) is 0 Å². The van der Waals surface area contributed by atoms with E-state index in [1.807, 2.05) is 5.32 Å². The molecule has 0 saturated carbocycles. The molecule has 0 fully saturated rings. The largest absolute Gasteiger partial charge is 0.289 e. The van der Waals surface area contributed by atoms with Crippen molar-refractivity contribution in [1.82, 2.24) is 5.32 Å². The third kappa shape index (κ3) is 9.19. The van der Waals surface area contributed by atoms with Crippen LogP contribution in [0.15, 0.2) is 12.2 Å². The van der Waals surface area contributed by atoms with Crippen molar-refractivity contribution in [3.63, 3.8) is 0 Å². The number of unbranched alkanes of at least 4 members (excludes halogenated alkanes) is 5. The predicted molar refractivity (Wildman–Crippen MR) is 61.3 cm³/mol. The van der Waals surface area contributed by atoms with Crippen molar-refractivity contribution in [2.45, 2.75) is 52.4 Å². The molecular weight excluding hydrogens is 190 g/mol. The molecule has 0 aliphatic carbocycles. The standard InChI is InChI=1S/C8H18.C4H3NO2/c1-3-5-7-8-6-4-2;6-3-1-2-4(7)5-3/h3-8H2,1-2H3;1-2H,(H,5,6,7). The van der Waals surface area contributed by atoms with E-state index in [0.717, 1.165) is 0 Å². The Morgan fingerprint density at radius 1 is 0.867 bits per heavy atom. The maximum atomic E-state index is 10.0. The minimum absolute atomic E-state index is 0.329. The van der Waals surface area contributed by atoms with Gasteiger partial charge in [-0.2, -0.15) is 0 Å². The molecule has 1 rings (SSSR count). The Labute approximate surface area is 91.9 Å². The van der Waals surface area contributed by atoms with E-state index in [0.29, 0.717) is 0 Å². The molecule has 1 aliphatic rings. The zero-order valence-electron chi connectivity index (χ0n) is 9.71. The summed E-state index contributed by atoms with van der Waals surface area (Å²) < 4.78 is 0. The second kappa shape index (κ2) is 9.44. The van der Waals surface area contributed by atoms with Gasteiger partial charge in [-0.15, -0.1) is 0 Å². The minimum atomic E-state index is -0.329. The summed E-state index contributed by atoms with van der Waals surface area (Å²) in [6, 6.07) is 0. The molecule has 0 aromatic rings. The van der Waals surface area contributed by atoms with Gasteiger partial charge in [-0.25, -0.2) is 0 Å². The summed E-state index contributed by atoms with van der Waals surface area (Å²) >= 11 is 0. The van der Waals surface area contributed by atoms with E-state index in [4.69, 9.17) is 0 Å². The van der Waals surface area contributed by atoms with Crippen molar-refractivity contribution >= 4 is 11.8 Å². The number of hydrogen-bond acceptors (Lipinski definition) is 2. The van der Waals surface area contributed by atoms with Gasteiger partial charge in [-0.1, -0.05) is 52.4 Å². The Morgan fingerprint density at radius 2 is 1.27 bits per heavy atom. The van der Waals surface area contributed by atoms with Gasteiger partial charge >= 0.3 is 0 Å². The van der Waals surface area contributed by atoms with Gasteiger partial charge < -0.3 is 0 Å². The van der Waals surface area contributed by atoms with Gasteiger partial charge in [0.1, 0.15) is 0 Å². The molecular formula is C12H21NO2. The van der Waals surface area contributed by atoms with Crippen LogP contribution in [0.5, 0.6) is 0 Å². The smallest absolute Gasteiger partial charge is 0.250 e. The fourth-order valence-corrected chi connectivity index (χ4v) is 1.21. The second-order valence-corrected chi connectivity index (χ2v) is 3.60. The normalized spacial score (nSPS) is 13.5. The lowest BCUT2D eigenvalue weighted by Crippen LogP contribution is -2.19. The van der Waals surface area contributed by atoms with Crippen LogP contribution in [0.2, 0.25) is 0 Å². The lowest BCUT2D eigenvalue weighted by atomic mass is 10.1. The van der Waals surface area contributed by atoms with Gasteiger partial charge in [0.05, 0.1) is 0 Å². The number of carbonyl (C=O) groups excluding carboxylic acids is 2. The van der Waals surface area contributed by atoms with Gasteiger partial charge in [-0.05, 0) is 0 Å². The molecule has 3 nitrogen and oxygen atoms in total. The fourth-order valence-electron chi connectivity index (χ4n) is 1.21. The predicted octanol–water partition coefficient (Wildman–Crippen LogP) is 2.57. The average molecular weight is 211 g/mol. The first-order valence-corrected chi connectivity index (χ1v) is 5.73. The molecule has 2 amide bonds. The molecule has 1 N–H and O–H groups in total. The van der Waals surface area contributed by atoms with Crippen LogP contribution < -0.4 is 5.32 Å². The van der Waals surface area contributed by atoms with Crippen molar-refractivity contribution in [3.05, 3.63) is 12.2 Å². The SMILES string of the molecule is CCCCCCCC.O=C1C=CC(=O)N1. The quantitative estimate of drug-likeness (QED) is 0.561. The summed E-state index contributed by atoms with van der Waals surface area (Å²) in [5, 5.41) is 2.03. The fraction of sp³-hybridized carbons (Fsp3) is 0.667. The van der Waals surface area contributed by atoms with Crippen LogP contribution in [0.1, 0.15) is 52.4 Å². The molecule has 0 bridgehead atoms. The molecule has 0 aromatic heterocycles. The van der Waals surface area contributed by atoms with Crippen LogP contribution in [0.3, 0.4) is 0 Å². The molecule has 0 aromatic carbocycles. The molecule has 1 heterocycles. The summed E-state index contributed by atoms with van der Waals surface area (Å²) in [5.74, 6) is -0.657. The average Bonchev–Trinajstić information content (AvgIpc) is 2.58. The van der Waals surface area contributed by atoms with Crippen molar-refractivity contribution < 1.29 is 9.59 Å². The highest BCUT2D eigenvalue weighted by molar-refractivity contribution is 6.12. The number of imide groups is 1. The van der Waals surface area contributed by atoms with Gasteiger partial charge in [0, 0.05) is 12.2 Å². The molecule has 0 atom stereocenters. The van der Waals surface area contributed by atoms with Crippen molar-refractivity contribution in [1.29, 1.82) is 0 Å². The van der Waals surface area contributed by atoms with Gasteiger partial charge in [0.25, 0.3) is 11.8 Å². The Bertz CT molecular complexity index is 200. The third-order valence-corrected chi connectivity index (χ3v) is 2.09. The van der Waals surface area contributed by atoms with Crippen LogP contribution in [-0.2, 0) is 9.59 Å². The molecule has 15 heavy (non-hydrogen) atoms. The molecule has 0 unspecified atom stereocenters. The molecule has 0 spiro atoms. The van der Waals surface area contributed by atoms with E-state index < -0.39 is 0 Å². The van der Waals surface area contributed by atoms with E-state index in [9.17, 15) is 9.59 Å². The highest BCUT2D eigenvalue weighted by atomic mass is 16.2. The zero-order valence-corrected chi connectivity index (χ0v) is 9.71. The zero-order chi connectivity index (χ0) is 11.5. The van der Waals surface area contributed by atoms with Crippen LogP contribution in [0.4, 0.5) is 0 Å². The highest BCUT2D eigenvalue weighted by Crippen LogP contribution is 2.03. The van der Waals surface area contributed by atoms with Gasteiger partial charge in [-0.3, -0.25) is 14.9 Å². The lowest BCUT2D eigenvalue weighted by molar-refractivity contribution is -0.123. The van der Waals surface area contributed by atoms with E-state index in [-0.39, 0.29) is 11.8 Å². The number of nitrogens with one attached hydrogen (secondary N) is 1. The first kappa shape index (κ1) is 13.9. The van der Waals surface area contributed by atoms with Crippen molar-refractivity contribution in [3.8, 4) is 0 Å². The molecule has 0 radical (unpaired) electrons. The Hall–Kier alpha value is -1.12. The minimum Gasteiger partial charge on any atom is -0.289 e. The lowest BCUT2D eigenvalue weighted by Gasteiger charge is -1.93. The summed E-state index contributed by atoms with van der Waals surface area (Å²) in [6.07, 6.45) is 10.9. The Balaban J connectivity index is 0.000000262. The summed E-state index contributed by atoms with van der Waals surface area (Å²) in [7, 11) is 0. The maximum absolute atomic E-state index is 10.0.